The van der Waals surface area contributed by atoms with Gasteiger partial charge in [0.15, 0.2) is 0 Å². The monoisotopic (exact) mass is 339 g/mol. The molecule has 0 saturated carbocycles. The van der Waals surface area contributed by atoms with Gasteiger partial charge in [0, 0.05) is 36.6 Å². The standard InChI is InChI=1S/C19H21N3OS/c20-11-15-3-1-4-16(9-15)21-17-10-19(23-13-17)6-7-22(14-19)12-18-5-2-8-24-18/h1-5,8-9,17,21H,6-7,10,12-14H2. The third kappa shape index (κ3) is 3.32. The highest BCUT2D eigenvalue weighted by molar-refractivity contribution is 7.09. The third-order valence-corrected chi connectivity index (χ3v) is 5.79. The summed E-state index contributed by atoms with van der Waals surface area (Å²) in [4.78, 5) is 3.93. The summed E-state index contributed by atoms with van der Waals surface area (Å²) in [5, 5.41) is 14.7. The number of nitrogens with zero attached hydrogens (tertiary/aromatic N) is 2. The highest BCUT2D eigenvalue weighted by Gasteiger charge is 2.45. The van der Waals surface area contributed by atoms with Crippen molar-refractivity contribution in [2.45, 2.75) is 31.0 Å². The zero-order valence-electron chi connectivity index (χ0n) is 13.6. The number of anilines is 1. The second kappa shape index (κ2) is 6.56. The first kappa shape index (κ1) is 15.6. The molecule has 2 unspecified atom stereocenters. The molecule has 5 heteroatoms. The summed E-state index contributed by atoms with van der Waals surface area (Å²) in [6.45, 7) is 3.89. The van der Waals surface area contributed by atoms with Crippen molar-refractivity contribution in [3.8, 4) is 6.07 Å². The van der Waals surface area contributed by atoms with Crippen LogP contribution in [-0.2, 0) is 11.3 Å². The fraction of sp³-hybridized carbons (Fsp3) is 0.421. The fourth-order valence-electron chi connectivity index (χ4n) is 3.82. The molecule has 2 aliphatic heterocycles. The lowest BCUT2D eigenvalue weighted by atomic mass is 9.97. The van der Waals surface area contributed by atoms with E-state index in [0.29, 0.717) is 11.6 Å². The van der Waals surface area contributed by atoms with E-state index in [4.69, 9.17) is 10.00 Å². The molecule has 4 nitrogen and oxygen atoms in total. The maximum absolute atomic E-state index is 9.02. The van der Waals surface area contributed by atoms with Gasteiger partial charge in [-0.25, -0.2) is 0 Å². The summed E-state index contributed by atoms with van der Waals surface area (Å²) in [5.41, 5.74) is 1.70. The molecule has 3 heterocycles. The number of nitriles is 1. The van der Waals surface area contributed by atoms with Crippen LogP contribution in [0.3, 0.4) is 0 Å². The molecule has 124 valence electrons. The van der Waals surface area contributed by atoms with Crippen LogP contribution in [-0.4, -0.2) is 36.2 Å². The van der Waals surface area contributed by atoms with E-state index in [1.165, 1.54) is 4.88 Å². The Morgan fingerprint density at radius 2 is 2.33 bits per heavy atom. The van der Waals surface area contributed by atoms with Gasteiger partial charge in [-0.1, -0.05) is 12.1 Å². The molecule has 4 rings (SSSR count). The summed E-state index contributed by atoms with van der Waals surface area (Å²) in [7, 11) is 0. The Bertz CT molecular complexity index is 739. The fourth-order valence-corrected chi connectivity index (χ4v) is 4.57. The predicted molar refractivity (Wildman–Crippen MR) is 96.1 cm³/mol. The molecule has 2 fully saturated rings. The number of ether oxygens (including phenoxy) is 1. The number of likely N-dealkylation sites (tertiary alicyclic amines) is 1. The topological polar surface area (TPSA) is 48.3 Å². The van der Waals surface area contributed by atoms with Crippen LogP contribution in [0.5, 0.6) is 0 Å². The van der Waals surface area contributed by atoms with Gasteiger partial charge in [0.2, 0.25) is 0 Å². The quantitative estimate of drug-likeness (QED) is 0.927. The number of rotatable bonds is 4. The van der Waals surface area contributed by atoms with Crippen molar-refractivity contribution in [2.24, 2.45) is 0 Å². The molecule has 1 spiro atoms. The van der Waals surface area contributed by atoms with E-state index >= 15 is 0 Å². The van der Waals surface area contributed by atoms with E-state index in [0.717, 1.165) is 44.8 Å². The molecule has 24 heavy (non-hydrogen) atoms. The second-order valence-electron chi connectivity index (χ2n) is 6.77. The number of hydrogen-bond acceptors (Lipinski definition) is 5. The molecule has 2 aliphatic rings. The zero-order valence-corrected chi connectivity index (χ0v) is 14.4. The van der Waals surface area contributed by atoms with Gasteiger partial charge < -0.3 is 10.1 Å². The van der Waals surface area contributed by atoms with Crippen molar-refractivity contribution in [1.82, 2.24) is 4.90 Å². The Hall–Kier alpha value is -1.87. The van der Waals surface area contributed by atoms with Gasteiger partial charge in [-0.2, -0.15) is 5.26 Å². The van der Waals surface area contributed by atoms with Gasteiger partial charge in [0.25, 0.3) is 0 Å². The molecular formula is C19H21N3OS. The smallest absolute Gasteiger partial charge is 0.0992 e. The summed E-state index contributed by atoms with van der Waals surface area (Å²) in [6, 6.07) is 14.5. The van der Waals surface area contributed by atoms with Crippen LogP contribution in [0.25, 0.3) is 0 Å². The maximum atomic E-state index is 9.02. The predicted octanol–water partition coefficient (Wildman–Crippen LogP) is 3.47. The number of benzene rings is 1. The lowest BCUT2D eigenvalue weighted by molar-refractivity contribution is 0.0120. The first-order chi connectivity index (χ1) is 11.7. The SMILES string of the molecule is N#Cc1cccc(NC2COC3(CCN(Cc4cccs4)C3)C2)c1. The molecule has 2 saturated heterocycles. The summed E-state index contributed by atoms with van der Waals surface area (Å²) < 4.78 is 6.23. The van der Waals surface area contributed by atoms with Gasteiger partial charge >= 0.3 is 0 Å². The highest BCUT2D eigenvalue weighted by atomic mass is 32.1. The Labute approximate surface area is 146 Å². The van der Waals surface area contributed by atoms with Gasteiger partial charge in [-0.3, -0.25) is 4.90 Å². The molecule has 1 aromatic carbocycles. The molecule has 2 aromatic rings. The molecule has 0 bridgehead atoms. The van der Waals surface area contributed by atoms with Gasteiger partial charge in [0.1, 0.15) is 0 Å². The normalized spacial score (nSPS) is 26.7. The first-order valence-electron chi connectivity index (χ1n) is 8.40. The first-order valence-corrected chi connectivity index (χ1v) is 9.28. The van der Waals surface area contributed by atoms with Crippen LogP contribution in [0.2, 0.25) is 0 Å². The van der Waals surface area contributed by atoms with Crippen LogP contribution >= 0.6 is 11.3 Å². The molecule has 1 N–H and O–H groups in total. The number of hydrogen-bond donors (Lipinski definition) is 1. The average molecular weight is 339 g/mol. The van der Waals surface area contributed by atoms with E-state index in [9.17, 15) is 0 Å². The molecule has 0 amide bonds. The van der Waals surface area contributed by atoms with E-state index in [2.05, 4.69) is 33.8 Å². The Balaban J connectivity index is 1.35. The van der Waals surface area contributed by atoms with Crippen LogP contribution in [0.1, 0.15) is 23.3 Å². The number of thiophene rings is 1. The Morgan fingerprint density at radius 1 is 1.38 bits per heavy atom. The number of nitrogens with one attached hydrogen (secondary N) is 1. The lowest BCUT2D eigenvalue weighted by Crippen LogP contribution is -2.33. The van der Waals surface area contributed by atoms with Crippen LogP contribution < -0.4 is 5.32 Å². The van der Waals surface area contributed by atoms with Crippen molar-refractivity contribution < 1.29 is 4.74 Å². The highest BCUT2D eigenvalue weighted by Crippen LogP contribution is 2.37. The van der Waals surface area contributed by atoms with Crippen LogP contribution in [0.15, 0.2) is 41.8 Å². The summed E-state index contributed by atoms with van der Waals surface area (Å²) in [5.74, 6) is 0. The molecular weight excluding hydrogens is 318 g/mol. The Kier molecular flexibility index (Phi) is 4.28. The zero-order chi connectivity index (χ0) is 16.4. The minimum Gasteiger partial charge on any atom is -0.380 e. The van der Waals surface area contributed by atoms with Gasteiger partial charge in [0.05, 0.1) is 29.9 Å². The van der Waals surface area contributed by atoms with Crippen molar-refractivity contribution in [3.05, 3.63) is 52.2 Å². The van der Waals surface area contributed by atoms with E-state index in [1.54, 1.807) is 0 Å². The summed E-state index contributed by atoms with van der Waals surface area (Å²) in [6.07, 6.45) is 2.14. The lowest BCUT2D eigenvalue weighted by Gasteiger charge is -2.23. The molecule has 0 aliphatic carbocycles. The van der Waals surface area contributed by atoms with Crippen LogP contribution in [0, 0.1) is 11.3 Å². The molecule has 0 radical (unpaired) electrons. The van der Waals surface area contributed by atoms with Crippen molar-refractivity contribution in [3.63, 3.8) is 0 Å². The molecule has 2 atom stereocenters. The van der Waals surface area contributed by atoms with Gasteiger partial charge in [-0.05, 0) is 36.1 Å². The van der Waals surface area contributed by atoms with Crippen LogP contribution in [0.4, 0.5) is 5.69 Å². The Morgan fingerprint density at radius 3 is 3.17 bits per heavy atom. The third-order valence-electron chi connectivity index (χ3n) is 4.93. The molecule has 1 aromatic heterocycles. The largest absolute Gasteiger partial charge is 0.380 e. The van der Waals surface area contributed by atoms with Crippen molar-refractivity contribution in [2.75, 3.05) is 25.0 Å². The maximum Gasteiger partial charge on any atom is 0.0992 e. The summed E-state index contributed by atoms with van der Waals surface area (Å²) >= 11 is 1.83. The minimum atomic E-state index is 0.00175. The van der Waals surface area contributed by atoms with Crippen molar-refractivity contribution >= 4 is 17.0 Å². The average Bonchev–Trinajstić information content (AvgIpc) is 3.32. The van der Waals surface area contributed by atoms with Gasteiger partial charge in [-0.15, -0.1) is 11.3 Å². The second-order valence-corrected chi connectivity index (χ2v) is 7.80. The minimum absolute atomic E-state index is 0.00175. The van der Waals surface area contributed by atoms with E-state index in [1.807, 2.05) is 35.6 Å². The van der Waals surface area contributed by atoms with E-state index < -0.39 is 0 Å². The van der Waals surface area contributed by atoms with Crippen molar-refractivity contribution in [1.29, 1.82) is 5.26 Å². The van der Waals surface area contributed by atoms with E-state index in [-0.39, 0.29) is 5.60 Å².